The van der Waals surface area contributed by atoms with E-state index in [0.29, 0.717) is 5.56 Å². The Bertz CT molecular complexity index is 1420. The molecule has 5 rings (SSSR count). The molecular weight excluding hydrogens is 470 g/mol. The number of rotatable bonds is 4. The Morgan fingerprint density at radius 1 is 0.914 bits per heavy atom. The largest absolute Gasteiger partial charge is 0.400 e. The highest BCUT2D eigenvalue weighted by Crippen LogP contribution is 2.50. The summed E-state index contributed by atoms with van der Waals surface area (Å²) in [5, 5.41) is 3.98. The number of nitrogens with zero attached hydrogens (tertiary/aromatic N) is 4. The van der Waals surface area contributed by atoms with E-state index < -0.39 is 42.0 Å². The van der Waals surface area contributed by atoms with Gasteiger partial charge in [0.2, 0.25) is 0 Å². The predicted octanol–water partition coefficient (Wildman–Crippen LogP) is 6.61. The number of hydrogen-bond donors (Lipinski definition) is 0. The van der Waals surface area contributed by atoms with Gasteiger partial charge in [-0.25, -0.2) is 23.1 Å². The third kappa shape index (κ3) is 4.09. The van der Waals surface area contributed by atoms with Crippen molar-refractivity contribution in [3.63, 3.8) is 0 Å². The fourth-order valence-corrected chi connectivity index (χ4v) is 4.06. The van der Waals surface area contributed by atoms with Crippen molar-refractivity contribution in [3.05, 3.63) is 96.1 Å². The molecule has 2 aromatic carbocycles. The molecule has 0 saturated heterocycles. The first-order chi connectivity index (χ1) is 16.7. The highest BCUT2D eigenvalue weighted by atomic mass is 19.4. The number of fused-ring (bicyclic) bond motifs is 1. The van der Waals surface area contributed by atoms with Crippen LogP contribution in [0, 0.1) is 17.0 Å². The highest BCUT2D eigenvalue weighted by molar-refractivity contribution is 5.77. The lowest BCUT2D eigenvalue weighted by Gasteiger charge is -2.35. The minimum Gasteiger partial charge on any atom is -0.269 e. The zero-order valence-electron chi connectivity index (χ0n) is 17.9. The van der Waals surface area contributed by atoms with Gasteiger partial charge in [-0.3, -0.25) is 4.68 Å². The van der Waals surface area contributed by atoms with Crippen molar-refractivity contribution < 1.29 is 26.3 Å². The second-order valence-electron chi connectivity index (χ2n) is 8.24. The van der Waals surface area contributed by atoms with Gasteiger partial charge in [0, 0.05) is 12.0 Å². The van der Waals surface area contributed by atoms with Gasteiger partial charge in [0.25, 0.3) is 0 Å². The summed E-state index contributed by atoms with van der Waals surface area (Å²) in [4.78, 5) is 8.23. The standard InChI is InChI=1S/C25H16F6N4/c26-18-8-4-7-17(22(18)28)23-33-20-12-32-35(13-21(20)34-23)14-24(25(29,30)31)10-9-16(19(27)11-24)15-5-2-1-3-6-15/h1-10,12-13H,11,14H2. The quantitative estimate of drug-likeness (QED) is 0.305. The van der Waals surface area contributed by atoms with Gasteiger partial charge in [0.05, 0.1) is 24.5 Å². The fourth-order valence-electron chi connectivity index (χ4n) is 4.06. The Kier molecular flexibility index (Phi) is 5.46. The summed E-state index contributed by atoms with van der Waals surface area (Å²) in [6.07, 6.45) is -1.16. The summed E-state index contributed by atoms with van der Waals surface area (Å²) < 4.78 is 86.3. The molecule has 0 N–H and O–H groups in total. The van der Waals surface area contributed by atoms with Crippen molar-refractivity contribution in [2.75, 3.05) is 0 Å². The van der Waals surface area contributed by atoms with Gasteiger partial charge in [0.1, 0.15) is 22.6 Å². The lowest BCUT2D eigenvalue weighted by atomic mass is 9.77. The topological polar surface area (TPSA) is 43.6 Å². The van der Waals surface area contributed by atoms with Gasteiger partial charge < -0.3 is 0 Å². The first-order valence-electron chi connectivity index (χ1n) is 10.5. The van der Waals surface area contributed by atoms with Gasteiger partial charge in [-0.05, 0) is 17.7 Å². The summed E-state index contributed by atoms with van der Waals surface area (Å²) in [6, 6.07) is 11.9. The number of imidazole rings is 1. The highest BCUT2D eigenvalue weighted by Gasteiger charge is 2.55. The molecule has 4 nitrogen and oxygen atoms in total. The van der Waals surface area contributed by atoms with Crippen LogP contribution in [0.5, 0.6) is 0 Å². The predicted molar refractivity (Wildman–Crippen MR) is 117 cm³/mol. The van der Waals surface area contributed by atoms with Gasteiger partial charge >= 0.3 is 6.18 Å². The molecule has 0 radical (unpaired) electrons. The Hall–Kier alpha value is -3.95. The van der Waals surface area contributed by atoms with E-state index in [2.05, 4.69) is 15.1 Å². The van der Waals surface area contributed by atoms with Crippen molar-refractivity contribution in [2.24, 2.45) is 5.41 Å². The number of hydrogen-bond acceptors (Lipinski definition) is 3. The molecule has 3 aliphatic rings. The van der Waals surface area contributed by atoms with Crippen molar-refractivity contribution in [3.8, 4) is 22.8 Å². The normalized spacial score (nSPS) is 18.5. The van der Waals surface area contributed by atoms with Gasteiger partial charge in [-0.1, -0.05) is 48.6 Å². The third-order valence-electron chi connectivity index (χ3n) is 5.93. The molecule has 0 amide bonds. The molecule has 0 fully saturated rings. The molecule has 2 aliphatic heterocycles. The van der Waals surface area contributed by atoms with E-state index in [1.54, 1.807) is 30.3 Å². The summed E-state index contributed by atoms with van der Waals surface area (Å²) in [7, 11) is 0. The molecular formula is C25H16F6N4. The van der Waals surface area contributed by atoms with Gasteiger partial charge in [-0.15, -0.1) is 0 Å². The van der Waals surface area contributed by atoms with Crippen molar-refractivity contribution in [1.82, 2.24) is 19.7 Å². The first-order valence-corrected chi connectivity index (χ1v) is 10.5. The second kappa shape index (κ2) is 8.37. The van der Waals surface area contributed by atoms with E-state index >= 15 is 0 Å². The van der Waals surface area contributed by atoms with E-state index in [1.807, 2.05) is 0 Å². The third-order valence-corrected chi connectivity index (χ3v) is 5.93. The Morgan fingerprint density at radius 2 is 1.66 bits per heavy atom. The van der Waals surface area contributed by atoms with Crippen LogP contribution in [-0.2, 0) is 6.54 Å². The first kappa shape index (κ1) is 22.8. The Labute approximate surface area is 195 Å². The van der Waals surface area contributed by atoms with Crippen LogP contribution in [0.2, 0.25) is 0 Å². The molecule has 178 valence electrons. The molecule has 1 aliphatic carbocycles. The zero-order chi connectivity index (χ0) is 24.8. The second-order valence-corrected chi connectivity index (χ2v) is 8.24. The van der Waals surface area contributed by atoms with Crippen LogP contribution in [0.1, 0.15) is 12.0 Å². The van der Waals surface area contributed by atoms with Crippen LogP contribution in [0.3, 0.4) is 0 Å². The van der Waals surface area contributed by atoms with Crippen LogP contribution in [0.4, 0.5) is 26.3 Å². The average Bonchev–Trinajstić information content (AvgIpc) is 3.24. The van der Waals surface area contributed by atoms with E-state index in [4.69, 9.17) is 0 Å². The molecule has 0 saturated carbocycles. The maximum atomic E-state index is 15.0. The lowest BCUT2D eigenvalue weighted by Crippen LogP contribution is -2.41. The van der Waals surface area contributed by atoms with Crippen LogP contribution < -0.4 is 0 Å². The van der Waals surface area contributed by atoms with Crippen LogP contribution in [-0.4, -0.2) is 25.9 Å². The van der Waals surface area contributed by atoms with Crippen LogP contribution in [0.15, 0.2) is 78.9 Å². The molecule has 0 spiro atoms. The van der Waals surface area contributed by atoms with Gasteiger partial charge in [0.15, 0.2) is 17.5 Å². The molecule has 1 unspecified atom stereocenters. The minimum absolute atomic E-state index is 0.0996. The number of aromatic nitrogens is 4. The maximum absolute atomic E-state index is 15.0. The molecule has 1 atom stereocenters. The molecule has 0 bridgehead atoms. The number of alkyl halides is 3. The van der Waals surface area contributed by atoms with E-state index in [-0.39, 0.29) is 28.3 Å². The number of benzene rings is 2. The molecule has 35 heavy (non-hydrogen) atoms. The SMILES string of the molecule is FC1=C(c2ccccc2)C=CC(Cn2cc3nc(-c4cccc(F)c4F)nc-3cn2)(C(F)(F)F)C1. The average molecular weight is 486 g/mol. The zero-order valence-corrected chi connectivity index (χ0v) is 17.9. The summed E-state index contributed by atoms with van der Waals surface area (Å²) in [5.74, 6) is -3.22. The molecule has 10 heteroatoms. The van der Waals surface area contributed by atoms with Crippen molar-refractivity contribution >= 4 is 5.57 Å². The minimum atomic E-state index is -4.78. The van der Waals surface area contributed by atoms with E-state index in [9.17, 15) is 26.3 Å². The molecule has 2 aromatic rings. The molecule has 0 aromatic heterocycles. The van der Waals surface area contributed by atoms with Crippen molar-refractivity contribution in [2.45, 2.75) is 19.1 Å². The molecule has 2 heterocycles. The Morgan fingerprint density at radius 3 is 2.37 bits per heavy atom. The smallest absolute Gasteiger partial charge is 0.269 e. The van der Waals surface area contributed by atoms with Crippen LogP contribution in [0.25, 0.3) is 28.3 Å². The monoisotopic (exact) mass is 486 g/mol. The Balaban J connectivity index is 1.49. The summed E-state index contributed by atoms with van der Waals surface area (Å²) in [6.45, 7) is -0.713. The fraction of sp³-hybridized carbons (Fsp3) is 0.160. The van der Waals surface area contributed by atoms with E-state index in [0.717, 1.165) is 22.9 Å². The lowest BCUT2D eigenvalue weighted by molar-refractivity contribution is -0.212. The van der Waals surface area contributed by atoms with E-state index in [1.165, 1.54) is 24.5 Å². The summed E-state index contributed by atoms with van der Waals surface area (Å²) in [5.41, 5.74) is -1.82. The van der Waals surface area contributed by atoms with Gasteiger partial charge in [-0.2, -0.15) is 18.3 Å². The van der Waals surface area contributed by atoms with Crippen LogP contribution >= 0.6 is 0 Å². The summed E-state index contributed by atoms with van der Waals surface area (Å²) >= 11 is 0. The van der Waals surface area contributed by atoms with Crippen molar-refractivity contribution in [1.29, 1.82) is 0 Å². The number of allylic oxidation sites excluding steroid dienone is 4. The maximum Gasteiger partial charge on any atom is 0.400 e. The number of halogens is 6.